The number of anilines is 1. The van der Waals surface area contributed by atoms with Crippen molar-refractivity contribution in [3.8, 4) is 21.8 Å². The standard InChI is InChI=1S/C24H16Cl2N2OS/c25-19-8-1-16(2-9-19)3-14-23(29)27-21-12-6-17(7-13-21)22-15-30-24(28-22)18-4-10-20(26)11-5-18/h1-15H,(H,27,29)/b14-3+. The highest BCUT2D eigenvalue weighted by molar-refractivity contribution is 7.13. The molecule has 4 rings (SSSR count). The first-order valence-electron chi connectivity index (χ1n) is 9.13. The average Bonchev–Trinajstić information content (AvgIpc) is 3.25. The summed E-state index contributed by atoms with van der Waals surface area (Å²) in [5.74, 6) is -0.198. The second kappa shape index (κ2) is 9.26. The number of thiazole rings is 1. The highest BCUT2D eigenvalue weighted by Gasteiger charge is 2.07. The maximum Gasteiger partial charge on any atom is 0.248 e. The van der Waals surface area contributed by atoms with E-state index in [2.05, 4.69) is 5.32 Å². The van der Waals surface area contributed by atoms with Crippen LogP contribution in [0.2, 0.25) is 10.0 Å². The first-order chi connectivity index (χ1) is 14.6. The Labute approximate surface area is 188 Å². The molecular weight excluding hydrogens is 435 g/mol. The average molecular weight is 451 g/mol. The Morgan fingerprint density at radius 3 is 2.10 bits per heavy atom. The van der Waals surface area contributed by atoms with E-state index in [0.29, 0.717) is 10.0 Å². The Morgan fingerprint density at radius 1 is 0.833 bits per heavy atom. The molecule has 0 saturated heterocycles. The molecule has 1 amide bonds. The molecule has 0 aliphatic carbocycles. The van der Waals surface area contributed by atoms with Gasteiger partial charge in [0, 0.05) is 38.3 Å². The molecule has 0 radical (unpaired) electrons. The number of benzene rings is 3. The number of nitrogens with one attached hydrogen (secondary N) is 1. The molecule has 0 spiro atoms. The van der Waals surface area contributed by atoms with Crippen molar-refractivity contribution in [2.75, 3.05) is 5.32 Å². The van der Waals surface area contributed by atoms with Crippen molar-refractivity contribution >= 4 is 52.2 Å². The maximum absolute atomic E-state index is 12.1. The van der Waals surface area contributed by atoms with Gasteiger partial charge in [0.1, 0.15) is 5.01 Å². The number of hydrogen-bond acceptors (Lipinski definition) is 3. The molecule has 0 saturated carbocycles. The minimum Gasteiger partial charge on any atom is -0.323 e. The summed E-state index contributed by atoms with van der Waals surface area (Å²) in [5.41, 5.74) is 4.54. The van der Waals surface area contributed by atoms with E-state index in [1.54, 1.807) is 29.5 Å². The van der Waals surface area contributed by atoms with Gasteiger partial charge in [-0.25, -0.2) is 4.98 Å². The maximum atomic E-state index is 12.1. The van der Waals surface area contributed by atoms with Gasteiger partial charge in [0.15, 0.2) is 0 Å². The number of hydrogen-bond donors (Lipinski definition) is 1. The molecule has 1 heterocycles. The van der Waals surface area contributed by atoms with Gasteiger partial charge >= 0.3 is 0 Å². The Bertz CT molecular complexity index is 1180. The quantitative estimate of drug-likeness (QED) is 0.321. The normalized spacial score (nSPS) is 11.0. The zero-order chi connectivity index (χ0) is 20.9. The minimum absolute atomic E-state index is 0.198. The van der Waals surface area contributed by atoms with E-state index in [-0.39, 0.29) is 5.91 Å². The van der Waals surface area contributed by atoms with Crippen molar-refractivity contribution in [2.24, 2.45) is 0 Å². The summed E-state index contributed by atoms with van der Waals surface area (Å²) in [6, 6.07) is 22.5. The van der Waals surface area contributed by atoms with E-state index in [0.717, 1.165) is 33.1 Å². The highest BCUT2D eigenvalue weighted by Crippen LogP contribution is 2.30. The van der Waals surface area contributed by atoms with Gasteiger partial charge in [0.25, 0.3) is 0 Å². The lowest BCUT2D eigenvalue weighted by molar-refractivity contribution is -0.111. The second-order valence-corrected chi connectivity index (χ2v) is 8.23. The van der Waals surface area contributed by atoms with Gasteiger partial charge in [-0.3, -0.25) is 4.79 Å². The Balaban J connectivity index is 1.41. The highest BCUT2D eigenvalue weighted by atomic mass is 35.5. The number of rotatable bonds is 5. The third kappa shape index (κ3) is 5.16. The topological polar surface area (TPSA) is 42.0 Å². The summed E-state index contributed by atoms with van der Waals surface area (Å²) in [4.78, 5) is 16.9. The van der Waals surface area contributed by atoms with Crippen LogP contribution >= 0.6 is 34.5 Å². The molecule has 0 aliphatic heterocycles. The third-order valence-electron chi connectivity index (χ3n) is 4.34. The number of halogens is 2. The van der Waals surface area contributed by atoms with Crippen LogP contribution in [0.15, 0.2) is 84.3 Å². The van der Waals surface area contributed by atoms with Crippen LogP contribution in [-0.2, 0) is 4.79 Å². The van der Waals surface area contributed by atoms with E-state index in [1.165, 1.54) is 6.08 Å². The predicted molar refractivity (Wildman–Crippen MR) is 127 cm³/mol. The summed E-state index contributed by atoms with van der Waals surface area (Å²) in [5, 5.41) is 7.18. The van der Waals surface area contributed by atoms with Crippen LogP contribution in [0, 0.1) is 0 Å². The van der Waals surface area contributed by atoms with Crippen LogP contribution in [0.25, 0.3) is 27.9 Å². The van der Waals surface area contributed by atoms with Gasteiger partial charge in [-0.05, 0) is 48.0 Å². The predicted octanol–water partition coefficient (Wildman–Crippen LogP) is 7.44. The largest absolute Gasteiger partial charge is 0.323 e. The lowest BCUT2D eigenvalue weighted by Crippen LogP contribution is -2.07. The molecule has 4 aromatic rings. The summed E-state index contributed by atoms with van der Waals surface area (Å²) >= 11 is 13.4. The fourth-order valence-electron chi connectivity index (χ4n) is 2.79. The molecule has 0 atom stereocenters. The Kier molecular flexibility index (Phi) is 6.29. The van der Waals surface area contributed by atoms with Gasteiger partial charge < -0.3 is 5.32 Å². The summed E-state index contributed by atoms with van der Waals surface area (Å²) in [6.45, 7) is 0. The van der Waals surface area contributed by atoms with Crippen molar-refractivity contribution in [1.82, 2.24) is 4.98 Å². The summed E-state index contributed by atoms with van der Waals surface area (Å²) in [6.07, 6.45) is 3.24. The molecule has 0 bridgehead atoms. The molecule has 0 aliphatic rings. The molecule has 148 valence electrons. The number of carbonyl (C=O) groups is 1. The van der Waals surface area contributed by atoms with Gasteiger partial charge in [-0.2, -0.15) is 0 Å². The van der Waals surface area contributed by atoms with Crippen LogP contribution in [-0.4, -0.2) is 10.9 Å². The molecule has 6 heteroatoms. The van der Waals surface area contributed by atoms with Gasteiger partial charge in [0.05, 0.1) is 5.69 Å². The number of nitrogens with zero attached hydrogens (tertiary/aromatic N) is 1. The van der Waals surface area contributed by atoms with Crippen LogP contribution < -0.4 is 5.32 Å². The Hall–Kier alpha value is -2.92. The SMILES string of the molecule is O=C(/C=C/c1ccc(Cl)cc1)Nc1ccc(-c2csc(-c3ccc(Cl)cc3)n2)cc1. The van der Waals surface area contributed by atoms with E-state index >= 15 is 0 Å². The molecule has 0 fully saturated rings. The third-order valence-corrected chi connectivity index (χ3v) is 5.74. The van der Waals surface area contributed by atoms with E-state index < -0.39 is 0 Å². The van der Waals surface area contributed by atoms with Gasteiger partial charge in [-0.15, -0.1) is 11.3 Å². The van der Waals surface area contributed by atoms with E-state index in [4.69, 9.17) is 28.2 Å². The molecule has 30 heavy (non-hydrogen) atoms. The zero-order valence-electron chi connectivity index (χ0n) is 15.7. The van der Waals surface area contributed by atoms with Gasteiger partial charge in [0.2, 0.25) is 5.91 Å². The summed E-state index contributed by atoms with van der Waals surface area (Å²) < 4.78 is 0. The van der Waals surface area contributed by atoms with Crippen LogP contribution in [0.1, 0.15) is 5.56 Å². The molecular formula is C24H16Cl2N2OS. The molecule has 3 nitrogen and oxygen atoms in total. The van der Waals surface area contributed by atoms with Gasteiger partial charge in [-0.1, -0.05) is 59.6 Å². The fraction of sp³-hybridized carbons (Fsp3) is 0. The van der Waals surface area contributed by atoms with E-state index in [9.17, 15) is 4.79 Å². The molecule has 1 N–H and O–H groups in total. The molecule has 0 unspecified atom stereocenters. The fourth-order valence-corrected chi connectivity index (χ4v) is 3.87. The zero-order valence-corrected chi connectivity index (χ0v) is 18.0. The van der Waals surface area contributed by atoms with Crippen molar-refractivity contribution < 1.29 is 4.79 Å². The number of aromatic nitrogens is 1. The number of carbonyl (C=O) groups excluding carboxylic acids is 1. The van der Waals surface area contributed by atoms with E-state index in [1.807, 2.05) is 66.0 Å². The lowest BCUT2D eigenvalue weighted by Gasteiger charge is -2.03. The first kappa shape index (κ1) is 20.4. The Morgan fingerprint density at radius 2 is 1.43 bits per heavy atom. The van der Waals surface area contributed by atoms with Crippen LogP contribution in [0.5, 0.6) is 0 Å². The lowest BCUT2D eigenvalue weighted by atomic mass is 10.1. The molecule has 3 aromatic carbocycles. The second-order valence-electron chi connectivity index (χ2n) is 6.50. The van der Waals surface area contributed by atoms with Crippen molar-refractivity contribution in [2.45, 2.75) is 0 Å². The van der Waals surface area contributed by atoms with Crippen molar-refractivity contribution in [3.63, 3.8) is 0 Å². The van der Waals surface area contributed by atoms with Crippen LogP contribution in [0.3, 0.4) is 0 Å². The van der Waals surface area contributed by atoms with Crippen LogP contribution in [0.4, 0.5) is 5.69 Å². The monoisotopic (exact) mass is 450 g/mol. The molecule has 1 aromatic heterocycles. The summed E-state index contributed by atoms with van der Waals surface area (Å²) in [7, 11) is 0. The number of amides is 1. The first-order valence-corrected chi connectivity index (χ1v) is 10.8. The van der Waals surface area contributed by atoms with Crippen molar-refractivity contribution in [3.05, 3.63) is 99.9 Å². The minimum atomic E-state index is -0.198. The smallest absolute Gasteiger partial charge is 0.248 e. The van der Waals surface area contributed by atoms with Crippen molar-refractivity contribution in [1.29, 1.82) is 0 Å².